The number of amides is 2. The molecule has 0 fully saturated rings. The fourth-order valence-corrected chi connectivity index (χ4v) is 2.61. The molecule has 6 heteroatoms. The maximum absolute atomic E-state index is 12.3. The number of para-hydroxylation sites is 1. The van der Waals surface area contributed by atoms with E-state index in [4.69, 9.17) is 13.6 Å². The molecule has 132 valence electrons. The molecule has 1 atom stereocenters. The second kappa shape index (κ2) is 7.34. The number of nitrogens with one attached hydrogen (secondary N) is 1. The summed E-state index contributed by atoms with van der Waals surface area (Å²) in [5.41, 5.74) is 0.699. The number of furan rings is 2. The summed E-state index contributed by atoms with van der Waals surface area (Å²) in [6, 6.07) is 10.8. The highest BCUT2D eigenvalue weighted by Gasteiger charge is 2.18. The number of urea groups is 1. The van der Waals surface area contributed by atoms with Gasteiger partial charge in [0.25, 0.3) is 0 Å². The molecule has 0 aliphatic carbocycles. The predicted octanol–water partition coefficient (Wildman–Crippen LogP) is 4.33. The molecule has 3 rings (SSSR count). The molecule has 1 N–H and O–H groups in total. The first kappa shape index (κ1) is 17.0. The highest BCUT2D eigenvalue weighted by molar-refractivity contribution is 5.84. The van der Waals surface area contributed by atoms with Crippen LogP contribution in [0.15, 0.2) is 51.5 Å². The number of ether oxygens (including phenoxy) is 1. The molecule has 0 spiro atoms. The Bertz CT molecular complexity index is 838. The largest absolute Gasteiger partial charge is 0.490 e. The van der Waals surface area contributed by atoms with Crippen molar-refractivity contribution in [1.82, 2.24) is 10.2 Å². The average Bonchev–Trinajstić information content (AvgIpc) is 3.24. The summed E-state index contributed by atoms with van der Waals surface area (Å²) < 4.78 is 16.8. The van der Waals surface area contributed by atoms with Gasteiger partial charge >= 0.3 is 6.03 Å². The molecule has 2 heterocycles. The van der Waals surface area contributed by atoms with Crippen molar-refractivity contribution < 1.29 is 18.4 Å². The Hall–Kier alpha value is -2.89. The molecule has 25 heavy (non-hydrogen) atoms. The van der Waals surface area contributed by atoms with Crippen LogP contribution in [-0.2, 0) is 6.54 Å². The van der Waals surface area contributed by atoms with Crippen LogP contribution >= 0.6 is 0 Å². The van der Waals surface area contributed by atoms with E-state index in [1.807, 2.05) is 44.2 Å². The van der Waals surface area contributed by atoms with Crippen LogP contribution in [0.2, 0.25) is 0 Å². The fourth-order valence-electron chi connectivity index (χ4n) is 2.61. The van der Waals surface area contributed by atoms with Crippen LogP contribution in [-0.4, -0.2) is 24.6 Å². The zero-order valence-electron chi connectivity index (χ0n) is 14.6. The topological polar surface area (TPSA) is 67.8 Å². The lowest BCUT2D eigenvalue weighted by Crippen LogP contribution is -2.38. The van der Waals surface area contributed by atoms with E-state index in [2.05, 4.69) is 5.32 Å². The van der Waals surface area contributed by atoms with E-state index in [0.717, 1.165) is 11.1 Å². The van der Waals surface area contributed by atoms with Gasteiger partial charge in [-0.1, -0.05) is 12.1 Å². The molecule has 0 radical (unpaired) electrons. The number of nitrogens with zero attached hydrogens (tertiary/aromatic N) is 1. The van der Waals surface area contributed by atoms with Gasteiger partial charge in [0.2, 0.25) is 0 Å². The smallest absolute Gasteiger partial charge is 0.318 e. The molecule has 0 bridgehead atoms. The molecule has 0 saturated heterocycles. The van der Waals surface area contributed by atoms with Crippen LogP contribution in [0, 0.1) is 0 Å². The molecular formula is C19H22N2O4. The fraction of sp³-hybridized carbons (Fsp3) is 0.316. The van der Waals surface area contributed by atoms with E-state index in [1.165, 1.54) is 0 Å². The maximum Gasteiger partial charge on any atom is 0.318 e. The van der Waals surface area contributed by atoms with Crippen molar-refractivity contribution in [2.24, 2.45) is 0 Å². The normalized spacial score (nSPS) is 12.1. The van der Waals surface area contributed by atoms with Crippen molar-refractivity contribution in [2.45, 2.75) is 26.4 Å². The third-order valence-electron chi connectivity index (χ3n) is 3.91. The monoisotopic (exact) mass is 342 g/mol. The van der Waals surface area contributed by atoms with Gasteiger partial charge in [0.1, 0.15) is 11.5 Å². The first-order valence-electron chi connectivity index (χ1n) is 8.27. The zero-order valence-corrected chi connectivity index (χ0v) is 14.6. The van der Waals surface area contributed by atoms with Gasteiger partial charge in [-0.05, 0) is 38.1 Å². The molecule has 1 aromatic carbocycles. The number of rotatable bonds is 6. The molecule has 3 aromatic rings. The molecule has 6 nitrogen and oxygen atoms in total. The number of benzene rings is 1. The van der Waals surface area contributed by atoms with Gasteiger partial charge in [-0.3, -0.25) is 0 Å². The van der Waals surface area contributed by atoms with Gasteiger partial charge in [-0.15, -0.1) is 0 Å². The summed E-state index contributed by atoms with van der Waals surface area (Å²) in [5.74, 6) is 2.12. The maximum atomic E-state index is 12.3. The summed E-state index contributed by atoms with van der Waals surface area (Å²) in [6.45, 7) is 4.79. The number of carbonyl (C=O) groups is 1. The lowest BCUT2D eigenvalue weighted by molar-refractivity contribution is 0.198. The second-order valence-corrected chi connectivity index (χ2v) is 5.86. The molecule has 0 saturated carbocycles. The van der Waals surface area contributed by atoms with E-state index in [9.17, 15) is 4.79 Å². The van der Waals surface area contributed by atoms with Crippen LogP contribution in [0.3, 0.4) is 0 Å². The summed E-state index contributed by atoms with van der Waals surface area (Å²) in [6.07, 6.45) is 1.59. The van der Waals surface area contributed by atoms with Gasteiger partial charge in [0.05, 0.1) is 25.5 Å². The summed E-state index contributed by atoms with van der Waals surface area (Å²) >= 11 is 0. The average molecular weight is 342 g/mol. The molecule has 0 aliphatic heterocycles. The van der Waals surface area contributed by atoms with Crippen molar-refractivity contribution in [1.29, 1.82) is 0 Å². The number of hydrogen-bond donors (Lipinski definition) is 1. The summed E-state index contributed by atoms with van der Waals surface area (Å²) in [5, 5.41) is 3.88. The van der Waals surface area contributed by atoms with E-state index in [0.29, 0.717) is 30.2 Å². The zero-order chi connectivity index (χ0) is 17.8. The van der Waals surface area contributed by atoms with E-state index < -0.39 is 0 Å². The van der Waals surface area contributed by atoms with E-state index >= 15 is 0 Å². The van der Waals surface area contributed by atoms with Crippen LogP contribution in [0.4, 0.5) is 4.79 Å². The van der Waals surface area contributed by atoms with E-state index in [1.54, 1.807) is 24.3 Å². The van der Waals surface area contributed by atoms with Gasteiger partial charge in [-0.2, -0.15) is 0 Å². The third-order valence-corrected chi connectivity index (χ3v) is 3.91. The Balaban J connectivity index is 1.70. The molecule has 2 amide bonds. The lowest BCUT2D eigenvalue weighted by atomic mass is 10.2. The molecule has 0 aliphatic rings. The molecular weight excluding hydrogens is 320 g/mol. The van der Waals surface area contributed by atoms with Gasteiger partial charge in [0.15, 0.2) is 11.3 Å². The predicted molar refractivity (Wildman–Crippen MR) is 94.5 cm³/mol. The molecule has 1 unspecified atom stereocenters. The van der Waals surface area contributed by atoms with E-state index in [-0.39, 0.29) is 12.1 Å². The third kappa shape index (κ3) is 3.79. The van der Waals surface area contributed by atoms with Crippen LogP contribution in [0.1, 0.15) is 31.4 Å². The second-order valence-electron chi connectivity index (χ2n) is 5.86. The van der Waals surface area contributed by atoms with Crippen molar-refractivity contribution in [3.05, 3.63) is 54.2 Å². The van der Waals surface area contributed by atoms with Crippen molar-refractivity contribution in [3.63, 3.8) is 0 Å². The SMILES string of the molecule is CCOc1cccc2cc(C(C)NC(=O)N(C)Cc3ccco3)oc12. The van der Waals surface area contributed by atoms with Crippen molar-refractivity contribution >= 4 is 17.0 Å². The Morgan fingerprint density at radius 1 is 1.32 bits per heavy atom. The van der Waals surface area contributed by atoms with Crippen LogP contribution in [0.25, 0.3) is 11.0 Å². The molecule has 2 aromatic heterocycles. The van der Waals surface area contributed by atoms with Gasteiger partial charge < -0.3 is 23.8 Å². The van der Waals surface area contributed by atoms with Gasteiger partial charge in [0, 0.05) is 12.4 Å². The number of hydrogen-bond acceptors (Lipinski definition) is 4. The highest BCUT2D eigenvalue weighted by atomic mass is 16.5. The Morgan fingerprint density at radius 2 is 2.16 bits per heavy atom. The summed E-state index contributed by atoms with van der Waals surface area (Å²) in [4.78, 5) is 13.9. The minimum atomic E-state index is -0.270. The van der Waals surface area contributed by atoms with Crippen molar-refractivity contribution in [2.75, 3.05) is 13.7 Å². The Labute approximate surface area is 146 Å². The first-order chi connectivity index (χ1) is 12.1. The highest BCUT2D eigenvalue weighted by Crippen LogP contribution is 2.31. The van der Waals surface area contributed by atoms with Crippen LogP contribution < -0.4 is 10.1 Å². The quantitative estimate of drug-likeness (QED) is 0.724. The Kier molecular flexibility index (Phi) is 4.97. The summed E-state index contributed by atoms with van der Waals surface area (Å²) in [7, 11) is 1.72. The number of carbonyl (C=O) groups excluding carboxylic acids is 1. The number of fused-ring (bicyclic) bond motifs is 1. The van der Waals surface area contributed by atoms with Crippen molar-refractivity contribution in [3.8, 4) is 5.75 Å². The Morgan fingerprint density at radius 3 is 2.88 bits per heavy atom. The standard InChI is InChI=1S/C19H22N2O4/c1-4-23-16-9-5-7-14-11-17(25-18(14)16)13(2)20-19(22)21(3)12-15-8-6-10-24-15/h5-11,13H,4,12H2,1-3H3,(H,20,22). The lowest BCUT2D eigenvalue weighted by Gasteiger charge is -2.19. The minimum Gasteiger partial charge on any atom is -0.490 e. The minimum absolute atomic E-state index is 0.200. The first-order valence-corrected chi connectivity index (χ1v) is 8.27. The van der Waals surface area contributed by atoms with Gasteiger partial charge in [-0.25, -0.2) is 4.79 Å². The van der Waals surface area contributed by atoms with Crippen LogP contribution in [0.5, 0.6) is 5.75 Å².